The third-order valence-corrected chi connectivity index (χ3v) is 4.44. The van der Waals surface area contributed by atoms with Crippen molar-refractivity contribution in [1.82, 2.24) is 4.90 Å². The monoisotopic (exact) mass is 233 g/mol. The Labute approximate surface area is 91.6 Å². The summed E-state index contributed by atoms with van der Waals surface area (Å²) in [6, 6.07) is 0. The summed E-state index contributed by atoms with van der Waals surface area (Å²) in [6.07, 6.45) is 3.21. The van der Waals surface area contributed by atoms with Gasteiger partial charge >= 0.3 is 0 Å². The summed E-state index contributed by atoms with van der Waals surface area (Å²) in [6.45, 7) is 4.95. The van der Waals surface area contributed by atoms with Gasteiger partial charge in [-0.15, -0.1) is 0 Å². The highest BCUT2D eigenvalue weighted by atomic mass is 32.2. The molecule has 0 bridgehead atoms. The molecule has 0 aromatic rings. The van der Waals surface area contributed by atoms with Crippen molar-refractivity contribution >= 4 is 15.7 Å². The maximum absolute atomic E-state index is 11.8. The number of piperidine rings is 1. The summed E-state index contributed by atoms with van der Waals surface area (Å²) in [5, 5.41) is -0.900. The molecule has 0 saturated carbocycles. The van der Waals surface area contributed by atoms with Gasteiger partial charge in [0.15, 0.2) is 9.84 Å². The molecular weight excluding hydrogens is 214 g/mol. The lowest BCUT2D eigenvalue weighted by Gasteiger charge is -2.32. The maximum atomic E-state index is 11.8. The highest BCUT2D eigenvalue weighted by Crippen LogP contribution is 2.17. The van der Waals surface area contributed by atoms with Crippen LogP contribution in [-0.4, -0.2) is 43.8 Å². The predicted octanol–water partition coefficient (Wildman–Crippen LogP) is 0.678. The maximum Gasteiger partial charge on any atom is 0.240 e. The van der Waals surface area contributed by atoms with E-state index in [2.05, 4.69) is 6.92 Å². The Balaban J connectivity index is 2.68. The molecule has 0 radical (unpaired) electrons. The molecule has 0 aromatic carbocycles. The Bertz CT molecular complexity index is 337. The standard InChI is InChI=1S/C10H19NO3S/c1-8-5-4-6-11(7-8)10(12)9(2)15(3,13)14/h8-9H,4-7H2,1-3H3. The van der Waals surface area contributed by atoms with Crippen molar-refractivity contribution < 1.29 is 13.2 Å². The quantitative estimate of drug-likeness (QED) is 0.704. The molecule has 4 nitrogen and oxygen atoms in total. The minimum Gasteiger partial charge on any atom is -0.341 e. The van der Waals surface area contributed by atoms with Crippen molar-refractivity contribution in [2.45, 2.75) is 31.9 Å². The van der Waals surface area contributed by atoms with E-state index in [-0.39, 0.29) is 5.91 Å². The van der Waals surface area contributed by atoms with E-state index in [1.165, 1.54) is 6.92 Å². The first-order valence-electron chi connectivity index (χ1n) is 5.30. The number of carbonyl (C=O) groups excluding carboxylic acids is 1. The third kappa shape index (κ3) is 3.19. The van der Waals surface area contributed by atoms with Crippen molar-refractivity contribution in [1.29, 1.82) is 0 Å². The van der Waals surface area contributed by atoms with Crippen molar-refractivity contribution in [3.05, 3.63) is 0 Å². The molecule has 0 spiro atoms. The lowest BCUT2D eigenvalue weighted by molar-refractivity contribution is -0.132. The van der Waals surface area contributed by atoms with Gasteiger partial charge in [-0.2, -0.15) is 0 Å². The zero-order chi connectivity index (χ0) is 11.6. The molecule has 5 heteroatoms. The van der Waals surface area contributed by atoms with E-state index in [1.807, 2.05) is 0 Å². The number of sulfone groups is 1. The summed E-state index contributed by atoms with van der Waals surface area (Å²) in [5.74, 6) is 0.235. The number of nitrogens with zero attached hydrogens (tertiary/aromatic N) is 1. The molecule has 15 heavy (non-hydrogen) atoms. The van der Waals surface area contributed by atoms with Gasteiger partial charge < -0.3 is 4.90 Å². The second-order valence-electron chi connectivity index (χ2n) is 4.50. The summed E-state index contributed by atoms with van der Waals surface area (Å²) < 4.78 is 22.5. The molecule has 1 amide bonds. The van der Waals surface area contributed by atoms with E-state index in [0.29, 0.717) is 19.0 Å². The average Bonchev–Trinajstić information content (AvgIpc) is 2.14. The lowest BCUT2D eigenvalue weighted by Crippen LogP contribution is -2.45. The zero-order valence-electron chi connectivity index (χ0n) is 9.56. The molecule has 1 rings (SSSR count). The van der Waals surface area contributed by atoms with Gasteiger partial charge in [-0.3, -0.25) is 4.79 Å². The summed E-state index contributed by atoms with van der Waals surface area (Å²) in [7, 11) is -3.26. The molecule has 1 aliphatic heterocycles. The second kappa shape index (κ2) is 4.51. The SMILES string of the molecule is CC1CCCN(C(=O)C(C)S(C)(=O)=O)C1. The minimum atomic E-state index is -3.26. The van der Waals surface area contributed by atoms with E-state index in [4.69, 9.17) is 0 Å². The first-order valence-corrected chi connectivity index (χ1v) is 7.25. The van der Waals surface area contributed by atoms with Gasteiger partial charge in [0.1, 0.15) is 5.25 Å². The third-order valence-electron chi connectivity index (χ3n) is 2.96. The summed E-state index contributed by atoms with van der Waals surface area (Å²) >= 11 is 0. The largest absolute Gasteiger partial charge is 0.341 e. The van der Waals surface area contributed by atoms with Crippen molar-refractivity contribution in [2.24, 2.45) is 5.92 Å². The first-order chi connectivity index (χ1) is 6.82. The Hall–Kier alpha value is -0.580. The van der Waals surface area contributed by atoms with Gasteiger partial charge in [0.05, 0.1) is 0 Å². The topological polar surface area (TPSA) is 54.5 Å². The van der Waals surface area contributed by atoms with E-state index in [1.54, 1.807) is 4.90 Å². The smallest absolute Gasteiger partial charge is 0.240 e. The molecule has 1 heterocycles. The van der Waals surface area contributed by atoms with Crippen LogP contribution in [0.4, 0.5) is 0 Å². The van der Waals surface area contributed by atoms with Crippen LogP contribution < -0.4 is 0 Å². The van der Waals surface area contributed by atoms with Crippen molar-refractivity contribution in [3.63, 3.8) is 0 Å². The molecule has 0 N–H and O–H groups in total. The number of hydrogen-bond acceptors (Lipinski definition) is 3. The van der Waals surface area contributed by atoms with E-state index >= 15 is 0 Å². The van der Waals surface area contributed by atoms with Crippen LogP contribution >= 0.6 is 0 Å². The normalized spacial score (nSPS) is 25.0. The summed E-state index contributed by atoms with van der Waals surface area (Å²) in [5.41, 5.74) is 0. The molecule has 2 unspecified atom stereocenters. The van der Waals surface area contributed by atoms with Gasteiger partial charge in [-0.05, 0) is 25.7 Å². The molecule has 88 valence electrons. The predicted molar refractivity (Wildman–Crippen MR) is 59.3 cm³/mol. The van der Waals surface area contributed by atoms with Crippen LogP contribution in [0.25, 0.3) is 0 Å². The van der Waals surface area contributed by atoms with Crippen LogP contribution in [0.15, 0.2) is 0 Å². The number of likely N-dealkylation sites (tertiary alicyclic amines) is 1. The minimum absolute atomic E-state index is 0.246. The van der Waals surface area contributed by atoms with Gasteiger partial charge in [-0.25, -0.2) is 8.42 Å². The molecular formula is C10H19NO3S. The number of carbonyl (C=O) groups is 1. The summed E-state index contributed by atoms with van der Waals surface area (Å²) in [4.78, 5) is 13.5. The Morgan fingerprint density at radius 3 is 2.53 bits per heavy atom. The zero-order valence-corrected chi connectivity index (χ0v) is 10.4. The molecule has 2 atom stereocenters. The van der Waals surface area contributed by atoms with Gasteiger partial charge in [0, 0.05) is 19.3 Å². The highest BCUT2D eigenvalue weighted by Gasteiger charge is 2.30. The fourth-order valence-electron chi connectivity index (χ4n) is 1.83. The molecule has 1 aliphatic rings. The fourth-order valence-corrected chi connectivity index (χ4v) is 2.35. The lowest BCUT2D eigenvalue weighted by atomic mass is 10.0. The van der Waals surface area contributed by atoms with Crippen molar-refractivity contribution in [2.75, 3.05) is 19.3 Å². The van der Waals surface area contributed by atoms with E-state index in [0.717, 1.165) is 19.1 Å². The Kier molecular flexibility index (Phi) is 3.76. The number of amides is 1. The van der Waals surface area contributed by atoms with Crippen molar-refractivity contribution in [3.8, 4) is 0 Å². The van der Waals surface area contributed by atoms with Crippen LogP contribution in [-0.2, 0) is 14.6 Å². The van der Waals surface area contributed by atoms with Crippen LogP contribution in [0.2, 0.25) is 0 Å². The molecule has 0 aromatic heterocycles. The number of rotatable bonds is 2. The Morgan fingerprint density at radius 2 is 2.07 bits per heavy atom. The van der Waals surface area contributed by atoms with Gasteiger partial charge in [0.25, 0.3) is 0 Å². The van der Waals surface area contributed by atoms with Crippen LogP contribution in [0.3, 0.4) is 0 Å². The fraction of sp³-hybridized carbons (Fsp3) is 0.900. The second-order valence-corrected chi connectivity index (χ2v) is 6.87. The molecule has 1 saturated heterocycles. The van der Waals surface area contributed by atoms with Gasteiger partial charge in [-0.1, -0.05) is 6.92 Å². The van der Waals surface area contributed by atoms with E-state index < -0.39 is 15.1 Å². The molecule has 1 fully saturated rings. The van der Waals surface area contributed by atoms with E-state index in [9.17, 15) is 13.2 Å². The van der Waals surface area contributed by atoms with Gasteiger partial charge in [0.2, 0.25) is 5.91 Å². The Morgan fingerprint density at radius 1 is 1.47 bits per heavy atom. The first kappa shape index (κ1) is 12.5. The highest BCUT2D eigenvalue weighted by molar-refractivity contribution is 7.92. The van der Waals surface area contributed by atoms with Crippen LogP contribution in [0.5, 0.6) is 0 Å². The average molecular weight is 233 g/mol. The van der Waals surface area contributed by atoms with Crippen LogP contribution in [0, 0.1) is 5.92 Å². The number of hydrogen-bond donors (Lipinski definition) is 0. The van der Waals surface area contributed by atoms with Crippen LogP contribution in [0.1, 0.15) is 26.7 Å². The molecule has 0 aliphatic carbocycles.